The molecule has 3 N–H and O–H groups in total. The fourth-order valence-electron chi connectivity index (χ4n) is 1.26. The zero-order chi connectivity index (χ0) is 15.1. The van der Waals surface area contributed by atoms with Crippen LogP contribution in [0.4, 0.5) is 5.69 Å². The van der Waals surface area contributed by atoms with Gasteiger partial charge in [0.15, 0.2) is 0 Å². The van der Waals surface area contributed by atoms with Gasteiger partial charge in [-0.05, 0) is 38.1 Å². The number of carbonyl (C=O) groups is 2. The van der Waals surface area contributed by atoms with Crippen LogP contribution in [0, 0.1) is 0 Å². The van der Waals surface area contributed by atoms with Crippen molar-refractivity contribution in [2.75, 3.05) is 6.61 Å². The molecule has 0 aliphatic carbocycles. The summed E-state index contributed by atoms with van der Waals surface area (Å²) in [6.45, 7) is 3.11. The van der Waals surface area contributed by atoms with Crippen LogP contribution >= 0.6 is 0 Å². The van der Waals surface area contributed by atoms with Crippen LogP contribution in [0.2, 0.25) is 0 Å². The Morgan fingerprint density at radius 1 is 1.30 bits per heavy atom. The Morgan fingerprint density at radius 2 is 1.90 bits per heavy atom. The lowest BCUT2D eigenvalue weighted by Gasteiger charge is -2.02. The molecule has 7 heteroatoms. The van der Waals surface area contributed by atoms with Crippen LogP contribution in [0.5, 0.6) is 0 Å². The van der Waals surface area contributed by atoms with Crippen molar-refractivity contribution >= 4 is 17.6 Å². The largest absolute Gasteiger partial charge is 0.510 e. The Morgan fingerprint density at radius 3 is 2.35 bits per heavy atom. The number of primary amides is 1. The van der Waals surface area contributed by atoms with Gasteiger partial charge >= 0.3 is 5.97 Å². The van der Waals surface area contributed by atoms with Crippen molar-refractivity contribution in [1.29, 1.82) is 0 Å². The molecule has 0 saturated heterocycles. The summed E-state index contributed by atoms with van der Waals surface area (Å²) >= 11 is 0. The molecule has 1 aromatic carbocycles. The quantitative estimate of drug-likeness (QED) is 0.371. The summed E-state index contributed by atoms with van der Waals surface area (Å²) in [6, 6.07) is 5.99. The molecule has 1 rings (SSSR count). The van der Waals surface area contributed by atoms with Crippen LogP contribution in [-0.2, 0) is 9.53 Å². The number of nitrogens with two attached hydrogens (primary N) is 1. The van der Waals surface area contributed by atoms with Crippen molar-refractivity contribution in [1.82, 2.24) is 0 Å². The highest BCUT2D eigenvalue weighted by Crippen LogP contribution is 2.16. The minimum atomic E-state index is -0.759. The maximum atomic E-state index is 11.5. The molecule has 7 nitrogen and oxygen atoms in total. The second kappa shape index (κ2) is 7.03. The molecule has 0 atom stereocenters. The topological polar surface area (TPSA) is 114 Å². The summed E-state index contributed by atoms with van der Waals surface area (Å²) in [6.07, 6.45) is 0. The predicted octanol–water partition coefficient (Wildman–Crippen LogP) is 2.22. The van der Waals surface area contributed by atoms with E-state index in [9.17, 15) is 14.7 Å². The summed E-state index contributed by atoms with van der Waals surface area (Å²) in [5.41, 5.74) is 5.57. The average molecular weight is 277 g/mol. The molecule has 0 spiro atoms. The van der Waals surface area contributed by atoms with Crippen molar-refractivity contribution in [3.05, 3.63) is 41.3 Å². The maximum absolute atomic E-state index is 11.5. The molecule has 0 aliphatic rings. The summed E-state index contributed by atoms with van der Waals surface area (Å²) in [5.74, 6) is -1.60. The fraction of sp³-hybridized carbons (Fsp3) is 0.231. The number of ether oxygens (including phenoxy) is 1. The maximum Gasteiger partial charge on any atom is 0.362 e. The van der Waals surface area contributed by atoms with Crippen molar-refractivity contribution in [3.63, 3.8) is 0 Å². The smallest absolute Gasteiger partial charge is 0.362 e. The molecule has 1 aromatic rings. The van der Waals surface area contributed by atoms with Gasteiger partial charge in [0.2, 0.25) is 11.6 Å². The van der Waals surface area contributed by atoms with Gasteiger partial charge in [0.05, 0.1) is 12.3 Å². The molecular formula is C13H15N3O4. The number of nitrogens with zero attached hydrogens (tertiary/aromatic N) is 2. The highest BCUT2D eigenvalue weighted by Gasteiger charge is 2.13. The van der Waals surface area contributed by atoms with E-state index in [1.807, 2.05) is 0 Å². The minimum absolute atomic E-state index is 0.165. The third-order valence-corrected chi connectivity index (χ3v) is 2.23. The van der Waals surface area contributed by atoms with E-state index in [-0.39, 0.29) is 18.1 Å². The number of hydrogen-bond acceptors (Lipinski definition) is 6. The van der Waals surface area contributed by atoms with E-state index in [2.05, 4.69) is 10.2 Å². The van der Waals surface area contributed by atoms with E-state index in [0.29, 0.717) is 11.3 Å². The monoisotopic (exact) mass is 277 g/mol. The second-order valence-electron chi connectivity index (χ2n) is 3.77. The molecule has 0 fully saturated rings. The number of allylic oxidation sites excluding steroid dienone is 1. The molecular weight excluding hydrogens is 262 g/mol. The fourth-order valence-corrected chi connectivity index (χ4v) is 1.26. The normalized spacial score (nSPS) is 12.1. The van der Waals surface area contributed by atoms with Gasteiger partial charge in [0.1, 0.15) is 5.76 Å². The molecule has 0 unspecified atom stereocenters. The zero-order valence-corrected chi connectivity index (χ0v) is 11.2. The Kier molecular flexibility index (Phi) is 5.40. The first-order chi connectivity index (χ1) is 9.45. The van der Waals surface area contributed by atoms with Gasteiger partial charge < -0.3 is 15.6 Å². The van der Waals surface area contributed by atoms with E-state index in [4.69, 9.17) is 10.5 Å². The van der Waals surface area contributed by atoms with Crippen LogP contribution in [0.15, 0.2) is 46.0 Å². The summed E-state index contributed by atoms with van der Waals surface area (Å²) in [7, 11) is 0. The van der Waals surface area contributed by atoms with Crippen LogP contribution < -0.4 is 5.73 Å². The Hall–Kier alpha value is -2.70. The third kappa shape index (κ3) is 4.20. The average Bonchev–Trinajstić information content (AvgIpc) is 2.39. The van der Waals surface area contributed by atoms with Gasteiger partial charge in [-0.25, -0.2) is 4.79 Å². The molecule has 0 heterocycles. The van der Waals surface area contributed by atoms with Crippen molar-refractivity contribution in [2.45, 2.75) is 13.8 Å². The lowest BCUT2D eigenvalue weighted by molar-refractivity contribution is -0.138. The number of aliphatic hydroxyl groups excluding tert-OH is 1. The zero-order valence-electron chi connectivity index (χ0n) is 11.2. The number of hydrogen-bond donors (Lipinski definition) is 2. The van der Waals surface area contributed by atoms with Gasteiger partial charge in [0, 0.05) is 5.56 Å². The van der Waals surface area contributed by atoms with Crippen LogP contribution in [0.3, 0.4) is 0 Å². The van der Waals surface area contributed by atoms with Gasteiger partial charge in [-0.15, -0.1) is 5.11 Å². The number of azo groups is 1. The molecule has 106 valence electrons. The van der Waals surface area contributed by atoms with Gasteiger partial charge in [0.25, 0.3) is 0 Å². The predicted molar refractivity (Wildman–Crippen MR) is 71.4 cm³/mol. The third-order valence-electron chi connectivity index (χ3n) is 2.23. The number of rotatable bonds is 5. The second-order valence-corrected chi connectivity index (χ2v) is 3.77. The lowest BCUT2D eigenvalue weighted by atomic mass is 10.2. The van der Waals surface area contributed by atoms with E-state index < -0.39 is 11.9 Å². The Balaban J connectivity index is 2.92. The molecule has 20 heavy (non-hydrogen) atoms. The lowest BCUT2D eigenvalue weighted by Crippen LogP contribution is -2.10. The van der Waals surface area contributed by atoms with E-state index in [1.165, 1.54) is 31.2 Å². The van der Waals surface area contributed by atoms with Crippen LogP contribution in [0.25, 0.3) is 0 Å². The standard InChI is InChI=1S/C13H15N3O4/c1-3-20-13(19)11(8(2)17)16-15-10-6-4-9(5-7-10)12(14)18/h4-7,17H,3H2,1-2H3,(H2,14,18). The summed E-state index contributed by atoms with van der Waals surface area (Å²) < 4.78 is 4.73. The van der Waals surface area contributed by atoms with E-state index >= 15 is 0 Å². The van der Waals surface area contributed by atoms with Crippen molar-refractivity contribution in [3.8, 4) is 0 Å². The summed E-state index contributed by atoms with van der Waals surface area (Å²) in [4.78, 5) is 22.4. The first-order valence-electron chi connectivity index (χ1n) is 5.84. The molecule has 0 aliphatic heterocycles. The van der Waals surface area contributed by atoms with Crippen LogP contribution in [0.1, 0.15) is 24.2 Å². The highest BCUT2D eigenvalue weighted by atomic mass is 16.5. The number of esters is 1. The van der Waals surface area contributed by atoms with Crippen LogP contribution in [-0.4, -0.2) is 23.6 Å². The highest BCUT2D eigenvalue weighted by molar-refractivity contribution is 5.93. The SMILES string of the molecule is CCOC(=O)C(N=Nc1ccc(C(N)=O)cc1)=C(C)O. The Labute approximate surface area is 115 Å². The van der Waals surface area contributed by atoms with E-state index in [1.54, 1.807) is 6.92 Å². The van der Waals surface area contributed by atoms with Gasteiger partial charge in [-0.2, -0.15) is 5.11 Å². The first-order valence-corrected chi connectivity index (χ1v) is 5.84. The van der Waals surface area contributed by atoms with Gasteiger partial charge in [-0.1, -0.05) is 0 Å². The molecule has 0 aromatic heterocycles. The molecule has 1 amide bonds. The molecule has 0 saturated carbocycles. The first kappa shape index (κ1) is 15.4. The molecule has 0 radical (unpaired) electrons. The molecule has 0 bridgehead atoms. The number of benzene rings is 1. The Bertz CT molecular complexity index is 557. The summed E-state index contributed by atoms with van der Waals surface area (Å²) in [5, 5.41) is 16.8. The number of carbonyl (C=O) groups excluding carboxylic acids is 2. The van der Waals surface area contributed by atoms with Crippen molar-refractivity contribution in [2.24, 2.45) is 16.0 Å². The number of aliphatic hydroxyl groups is 1. The van der Waals surface area contributed by atoms with Crippen molar-refractivity contribution < 1.29 is 19.4 Å². The van der Waals surface area contributed by atoms with Gasteiger partial charge in [-0.3, -0.25) is 4.79 Å². The number of amides is 1. The minimum Gasteiger partial charge on any atom is -0.510 e. The van der Waals surface area contributed by atoms with E-state index in [0.717, 1.165) is 0 Å².